The summed E-state index contributed by atoms with van der Waals surface area (Å²) >= 11 is 3.35. The van der Waals surface area contributed by atoms with Gasteiger partial charge >= 0.3 is 0 Å². The average molecular weight is 280 g/mol. The van der Waals surface area contributed by atoms with Crippen LogP contribution in [-0.2, 0) is 13.1 Å². The molecule has 0 spiro atoms. The maximum atomic E-state index is 5.81. The quantitative estimate of drug-likeness (QED) is 0.914. The van der Waals surface area contributed by atoms with Gasteiger partial charge in [0.1, 0.15) is 0 Å². The first kappa shape index (κ1) is 12.1. The molecule has 0 radical (unpaired) electrons. The molecule has 0 atom stereocenters. The highest BCUT2D eigenvalue weighted by Gasteiger charge is 2.29. The second-order valence-corrected chi connectivity index (χ2v) is 6.40. The van der Waals surface area contributed by atoms with Crippen LogP contribution in [-0.4, -0.2) is 17.0 Å². The van der Waals surface area contributed by atoms with Gasteiger partial charge in [-0.15, -0.1) is 22.7 Å². The van der Waals surface area contributed by atoms with Crippen molar-refractivity contribution in [2.24, 2.45) is 5.73 Å². The number of hydrogen-bond donors (Lipinski definition) is 1. The standard InChI is InChI=1S/C12H16N4S2/c1-16(5-9-6-17-7-14-9)12-15-11(8-2-3-8)10(4-13)18-12/h6-8H,2-5,13H2,1H3. The first-order chi connectivity index (χ1) is 8.78. The molecule has 2 aromatic rings. The van der Waals surface area contributed by atoms with Crippen LogP contribution in [0.5, 0.6) is 0 Å². The molecule has 0 unspecified atom stereocenters. The minimum Gasteiger partial charge on any atom is -0.345 e. The summed E-state index contributed by atoms with van der Waals surface area (Å²) in [5.74, 6) is 0.668. The van der Waals surface area contributed by atoms with Crippen molar-refractivity contribution in [2.45, 2.75) is 31.8 Å². The highest BCUT2D eigenvalue weighted by atomic mass is 32.1. The summed E-state index contributed by atoms with van der Waals surface area (Å²) in [7, 11) is 2.06. The van der Waals surface area contributed by atoms with Gasteiger partial charge in [0.05, 0.1) is 23.4 Å². The van der Waals surface area contributed by atoms with Gasteiger partial charge in [-0.05, 0) is 12.8 Å². The summed E-state index contributed by atoms with van der Waals surface area (Å²) in [5.41, 5.74) is 10.0. The van der Waals surface area contributed by atoms with E-state index in [1.807, 2.05) is 5.51 Å². The van der Waals surface area contributed by atoms with Gasteiger partial charge in [-0.25, -0.2) is 9.97 Å². The second-order valence-electron chi connectivity index (χ2n) is 4.62. The molecule has 1 aliphatic rings. The summed E-state index contributed by atoms with van der Waals surface area (Å²) in [6.45, 7) is 1.42. The fourth-order valence-corrected chi connectivity index (χ4v) is 3.50. The number of nitrogens with zero attached hydrogens (tertiary/aromatic N) is 3. The van der Waals surface area contributed by atoms with Crippen LogP contribution in [0.15, 0.2) is 10.9 Å². The van der Waals surface area contributed by atoms with Crippen molar-refractivity contribution in [3.63, 3.8) is 0 Å². The minimum atomic E-state index is 0.605. The Labute approximate surface area is 114 Å². The van der Waals surface area contributed by atoms with E-state index in [1.54, 1.807) is 22.7 Å². The first-order valence-corrected chi connectivity index (χ1v) is 7.81. The predicted molar refractivity (Wildman–Crippen MR) is 76.2 cm³/mol. The molecule has 1 fully saturated rings. The average Bonchev–Trinajstić information content (AvgIpc) is 2.92. The highest BCUT2D eigenvalue weighted by Crippen LogP contribution is 2.44. The van der Waals surface area contributed by atoms with E-state index in [9.17, 15) is 0 Å². The van der Waals surface area contributed by atoms with E-state index in [0.29, 0.717) is 12.5 Å². The van der Waals surface area contributed by atoms with Crippen LogP contribution < -0.4 is 10.6 Å². The normalized spacial score (nSPS) is 15.0. The summed E-state index contributed by atoms with van der Waals surface area (Å²) in [6.07, 6.45) is 2.54. The molecular formula is C12H16N4S2. The summed E-state index contributed by atoms with van der Waals surface area (Å²) in [5, 5.41) is 3.14. The lowest BCUT2D eigenvalue weighted by atomic mass is 10.2. The lowest BCUT2D eigenvalue weighted by Gasteiger charge is -2.13. The molecule has 18 heavy (non-hydrogen) atoms. The molecule has 0 amide bonds. The van der Waals surface area contributed by atoms with Crippen LogP contribution in [0.4, 0.5) is 5.13 Å². The number of aromatic nitrogens is 2. The van der Waals surface area contributed by atoms with Crippen molar-refractivity contribution in [3.8, 4) is 0 Å². The molecule has 3 rings (SSSR count). The molecular weight excluding hydrogens is 264 g/mol. The fraction of sp³-hybridized carbons (Fsp3) is 0.500. The Hall–Kier alpha value is -0.980. The molecule has 0 saturated heterocycles. The molecule has 1 saturated carbocycles. The van der Waals surface area contributed by atoms with Gasteiger partial charge in [0, 0.05) is 29.8 Å². The van der Waals surface area contributed by atoms with E-state index in [1.165, 1.54) is 23.4 Å². The number of nitrogens with two attached hydrogens (primary N) is 1. The van der Waals surface area contributed by atoms with Crippen LogP contribution >= 0.6 is 22.7 Å². The summed E-state index contributed by atoms with van der Waals surface area (Å²) in [4.78, 5) is 12.5. The van der Waals surface area contributed by atoms with Crippen LogP contribution in [0.1, 0.15) is 35.0 Å². The maximum absolute atomic E-state index is 5.81. The predicted octanol–water partition coefficient (Wildman–Crippen LogP) is 2.57. The van der Waals surface area contributed by atoms with E-state index in [-0.39, 0.29) is 0 Å². The van der Waals surface area contributed by atoms with Gasteiger partial charge in [0.25, 0.3) is 0 Å². The number of hydrogen-bond acceptors (Lipinski definition) is 6. The number of thiazole rings is 2. The van der Waals surface area contributed by atoms with Crippen molar-refractivity contribution < 1.29 is 0 Å². The zero-order chi connectivity index (χ0) is 12.5. The van der Waals surface area contributed by atoms with E-state index in [4.69, 9.17) is 10.7 Å². The maximum Gasteiger partial charge on any atom is 0.185 e. The number of rotatable bonds is 5. The zero-order valence-corrected chi connectivity index (χ0v) is 11.9. The lowest BCUT2D eigenvalue weighted by molar-refractivity contribution is 0.877. The van der Waals surface area contributed by atoms with Gasteiger partial charge in [-0.3, -0.25) is 0 Å². The van der Waals surface area contributed by atoms with E-state index in [2.05, 4.69) is 22.3 Å². The third-order valence-electron chi connectivity index (χ3n) is 3.07. The molecule has 0 bridgehead atoms. The molecule has 6 heteroatoms. The molecule has 1 aliphatic carbocycles. The highest BCUT2D eigenvalue weighted by molar-refractivity contribution is 7.15. The van der Waals surface area contributed by atoms with Crippen molar-refractivity contribution in [2.75, 3.05) is 11.9 Å². The first-order valence-electron chi connectivity index (χ1n) is 6.05. The number of anilines is 1. The Morgan fingerprint density at radius 1 is 1.50 bits per heavy atom. The Morgan fingerprint density at radius 3 is 2.94 bits per heavy atom. The molecule has 0 aromatic carbocycles. The Morgan fingerprint density at radius 2 is 2.33 bits per heavy atom. The molecule has 2 N–H and O–H groups in total. The van der Waals surface area contributed by atoms with E-state index >= 15 is 0 Å². The smallest absolute Gasteiger partial charge is 0.185 e. The molecule has 4 nitrogen and oxygen atoms in total. The van der Waals surface area contributed by atoms with Gasteiger partial charge in [0.15, 0.2) is 5.13 Å². The Balaban J connectivity index is 1.78. The van der Waals surface area contributed by atoms with Crippen LogP contribution in [0, 0.1) is 0 Å². The van der Waals surface area contributed by atoms with Gasteiger partial charge in [-0.2, -0.15) is 0 Å². The lowest BCUT2D eigenvalue weighted by Crippen LogP contribution is -2.16. The van der Waals surface area contributed by atoms with Crippen LogP contribution in [0.2, 0.25) is 0 Å². The third kappa shape index (κ3) is 2.41. The van der Waals surface area contributed by atoms with Crippen molar-refractivity contribution in [1.29, 1.82) is 0 Å². The third-order valence-corrected chi connectivity index (χ3v) is 4.92. The monoisotopic (exact) mass is 280 g/mol. The SMILES string of the molecule is CN(Cc1cscn1)c1nc(C2CC2)c(CN)s1. The van der Waals surface area contributed by atoms with Crippen molar-refractivity contribution in [1.82, 2.24) is 9.97 Å². The largest absolute Gasteiger partial charge is 0.345 e. The van der Waals surface area contributed by atoms with E-state index in [0.717, 1.165) is 17.4 Å². The summed E-state index contributed by atoms with van der Waals surface area (Å²) in [6, 6.07) is 0. The van der Waals surface area contributed by atoms with Gasteiger partial charge in [-0.1, -0.05) is 0 Å². The molecule has 0 aliphatic heterocycles. The summed E-state index contributed by atoms with van der Waals surface area (Å²) < 4.78 is 0. The Kier molecular flexibility index (Phi) is 3.32. The van der Waals surface area contributed by atoms with Crippen molar-refractivity contribution in [3.05, 3.63) is 27.2 Å². The van der Waals surface area contributed by atoms with Crippen molar-refractivity contribution >= 4 is 27.8 Å². The van der Waals surface area contributed by atoms with Gasteiger partial charge < -0.3 is 10.6 Å². The topological polar surface area (TPSA) is 55.0 Å². The molecule has 96 valence electrons. The van der Waals surface area contributed by atoms with Crippen LogP contribution in [0.3, 0.4) is 0 Å². The van der Waals surface area contributed by atoms with Gasteiger partial charge in [0.2, 0.25) is 0 Å². The molecule has 2 aromatic heterocycles. The molecule has 2 heterocycles. The van der Waals surface area contributed by atoms with Crippen LogP contribution in [0.25, 0.3) is 0 Å². The second kappa shape index (κ2) is 4.95. The minimum absolute atomic E-state index is 0.605. The zero-order valence-electron chi connectivity index (χ0n) is 10.3. The fourth-order valence-electron chi connectivity index (χ4n) is 1.96. The Bertz CT molecular complexity index is 516. The van der Waals surface area contributed by atoms with E-state index < -0.39 is 0 Å².